The van der Waals surface area contributed by atoms with Crippen molar-refractivity contribution >= 4 is 17.9 Å². The van der Waals surface area contributed by atoms with Crippen LogP contribution in [0.5, 0.6) is 0 Å². The zero-order valence-corrected chi connectivity index (χ0v) is 54.5. The number of carbonyl (C=O) groups excluding carboxylic acids is 3. The molecule has 0 aromatic heterocycles. The number of hydrogen-bond donors (Lipinski definition) is 0. The van der Waals surface area contributed by atoms with E-state index in [-0.39, 0.29) is 31.1 Å². The molecule has 0 saturated heterocycles. The van der Waals surface area contributed by atoms with Crippen molar-refractivity contribution in [3.63, 3.8) is 0 Å². The maximum absolute atomic E-state index is 12.9. The van der Waals surface area contributed by atoms with Gasteiger partial charge >= 0.3 is 17.9 Å². The van der Waals surface area contributed by atoms with Crippen molar-refractivity contribution in [1.29, 1.82) is 0 Å². The second kappa shape index (κ2) is 70.1. The first-order valence-corrected chi connectivity index (χ1v) is 35.6. The molecule has 0 heterocycles. The number of unbranched alkanes of at least 4 members (excludes halogenated alkanes) is 40. The van der Waals surface area contributed by atoms with E-state index in [2.05, 4.69) is 106 Å². The van der Waals surface area contributed by atoms with Crippen molar-refractivity contribution in [2.24, 2.45) is 0 Å². The van der Waals surface area contributed by atoms with Crippen molar-refractivity contribution in [3.8, 4) is 0 Å². The number of hydrogen-bond acceptors (Lipinski definition) is 6. The Morgan fingerprint density at radius 2 is 0.463 bits per heavy atom. The summed E-state index contributed by atoms with van der Waals surface area (Å²) >= 11 is 0. The molecular weight excluding hydrogens is 1010 g/mol. The second-order valence-corrected chi connectivity index (χ2v) is 23.8. The first kappa shape index (κ1) is 78.6. The molecule has 0 bridgehead atoms. The molecule has 0 N–H and O–H groups in total. The molecule has 0 aliphatic rings. The van der Waals surface area contributed by atoms with Gasteiger partial charge in [-0.15, -0.1) is 0 Å². The fourth-order valence-electron chi connectivity index (χ4n) is 10.2. The highest BCUT2D eigenvalue weighted by atomic mass is 16.6. The van der Waals surface area contributed by atoms with E-state index >= 15 is 0 Å². The predicted octanol–water partition coefficient (Wildman–Crippen LogP) is 24.6. The van der Waals surface area contributed by atoms with Crippen molar-refractivity contribution in [2.45, 2.75) is 367 Å². The zero-order valence-electron chi connectivity index (χ0n) is 54.5. The highest BCUT2D eigenvalue weighted by Crippen LogP contribution is 2.17. The topological polar surface area (TPSA) is 78.9 Å². The number of ether oxygens (including phenoxy) is 3. The monoisotopic (exact) mass is 1140 g/mol. The zero-order chi connectivity index (χ0) is 59.2. The van der Waals surface area contributed by atoms with E-state index in [1.54, 1.807) is 0 Å². The molecule has 0 aliphatic heterocycles. The van der Waals surface area contributed by atoms with Crippen LogP contribution in [0.3, 0.4) is 0 Å². The largest absolute Gasteiger partial charge is 0.462 e. The lowest BCUT2D eigenvalue weighted by molar-refractivity contribution is -0.167. The van der Waals surface area contributed by atoms with Gasteiger partial charge in [0.2, 0.25) is 0 Å². The van der Waals surface area contributed by atoms with Gasteiger partial charge in [0.05, 0.1) is 0 Å². The maximum atomic E-state index is 12.9. The van der Waals surface area contributed by atoms with Crippen LogP contribution >= 0.6 is 0 Å². The minimum Gasteiger partial charge on any atom is -0.462 e. The summed E-state index contributed by atoms with van der Waals surface area (Å²) in [6.45, 7) is 6.57. The Morgan fingerprint density at radius 3 is 0.744 bits per heavy atom. The third-order valence-electron chi connectivity index (χ3n) is 15.6. The van der Waals surface area contributed by atoms with Crippen LogP contribution < -0.4 is 0 Å². The van der Waals surface area contributed by atoms with Crippen LogP contribution in [0.1, 0.15) is 361 Å². The van der Waals surface area contributed by atoms with Gasteiger partial charge in [-0.2, -0.15) is 0 Å². The fraction of sp³-hybridized carbons (Fsp3) is 0.776. The Morgan fingerprint density at radius 1 is 0.244 bits per heavy atom. The summed E-state index contributed by atoms with van der Waals surface area (Å²) in [4.78, 5) is 38.3. The molecule has 6 heteroatoms. The third kappa shape index (κ3) is 67.4. The van der Waals surface area contributed by atoms with Gasteiger partial charge in [0.1, 0.15) is 13.2 Å². The molecule has 474 valence electrons. The van der Waals surface area contributed by atoms with Crippen molar-refractivity contribution in [3.05, 3.63) is 85.1 Å². The molecule has 0 amide bonds. The lowest BCUT2D eigenvalue weighted by atomic mass is 10.0. The molecule has 0 radical (unpaired) electrons. The van der Waals surface area contributed by atoms with Crippen LogP contribution in [0, 0.1) is 0 Å². The van der Waals surface area contributed by atoms with Crippen molar-refractivity contribution in [1.82, 2.24) is 0 Å². The van der Waals surface area contributed by atoms with Crippen LogP contribution in [-0.2, 0) is 28.6 Å². The van der Waals surface area contributed by atoms with Gasteiger partial charge in [-0.1, -0.05) is 311 Å². The normalized spacial score (nSPS) is 12.6. The molecule has 6 nitrogen and oxygen atoms in total. The SMILES string of the molecule is CCC/C=C\CCCCCCCC(=O)OCC(COC(=O)CCCCCCCCCCCCCCCCCCCC/C=C\C/C=C\C/C=C\CCCCCCC)OC(=O)CCCCCCCC/C=C\C/C=C\C/C=C\CCCCCCC. The molecule has 1 atom stereocenters. The molecule has 0 rings (SSSR count). The summed E-state index contributed by atoms with van der Waals surface area (Å²) in [5.41, 5.74) is 0. The Labute approximate surface area is 509 Å². The quantitative estimate of drug-likeness (QED) is 0.0261. The van der Waals surface area contributed by atoms with Gasteiger partial charge in [-0.25, -0.2) is 0 Å². The third-order valence-corrected chi connectivity index (χ3v) is 15.6. The predicted molar refractivity (Wildman–Crippen MR) is 358 cm³/mol. The summed E-state index contributed by atoms with van der Waals surface area (Å²) in [6, 6.07) is 0. The van der Waals surface area contributed by atoms with E-state index < -0.39 is 6.10 Å². The van der Waals surface area contributed by atoms with Crippen LogP contribution in [0.25, 0.3) is 0 Å². The lowest BCUT2D eigenvalue weighted by Gasteiger charge is -2.18. The summed E-state index contributed by atoms with van der Waals surface area (Å²) in [6.07, 6.45) is 93.4. The van der Waals surface area contributed by atoms with Crippen LogP contribution in [0.4, 0.5) is 0 Å². The Bertz CT molecular complexity index is 1550. The Hall–Kier alpha value is -3.41. The van der Waals surface area contributed by atoms with E-state index in [1.165, 1.54) is 212 Å². The minimum atomic E-state index is -0.787. The molecule has 82 heavy (non-hydrogen) atoms. The van der Waals surface area contributed by atoms with Crippen LogP contribution in [-0.4, -0.2) is 37.2 Å². The van der Waals surface area contributed by atoms with E-state index in [0.29, 0.717) is 19.3 Å². The molecule has 0 fully saturated rings. The summed E-state index contributed by atoms with van der Waals surface area (Å²) < 4.78 is 16.9. The van der Waals surface area contributed by atoms with Gasteiger partial charge in [0, 0.05) is 19.3 Å². The average molecular weight is 1140 g/mol. The van der Waals surface area contributed by atoms with E-state index in [0.717, 1.165) is 109 Å². The van der Waals surface area contributed by atoms with Gasteiger partial charge in [0.25, 0.3) is 0 Å². The molecule has 1 unspecified atom stereocenters. The minimum absolute atomic E-state index is 0.0819. The lowest BCUT2D eigenvalue weighted by Crippen LogP contribution is -2.30. The fourth-order valence-corrected chi connectivity index (χ4v) is 10.2. The standard InChI is InChI=1S/C76H134O6/c1-4-7-10-13-16-19-22-24-26-28-30-32-33-34-35-36-37-38-39-40-41-42-43-45-46-48-50-52-54-57-60-63-66-69-75(78)81-72-73(71-80-74(77)68-65-62-59-56-21-18-15-12-9-6-3)82-76(79)70-67-64-61-58-55-53-51-49-47-44-31-29-27-25-23-20-17-14-11-8-5-2/h12,15,22-25,28-31,33-34,47,49,73H,4-11,13-14,16-21,26-27,32,35-46,48,50-72H2,1-3H3/b15-12-,24-22-,25-23-,30-28-,31-29-,34-33-,49-47-. The van der Waals surface area contributed by atoms with Gasteiger partial charge in [0.15, 0.2) is 6.10 Å². The smallest absolute Gasteiger partial charge is 0.306 e. The summed E-state index contributed by atoms with van der Waals surface area (Å²) in [7, 11) is 0. The molecular formula is C76H134O6. The van der Waals surface area contributed by atoms with E-state index in [4.69, 9.17) is 14.2 Å². The number of esters is 3. The molecule has 0 aromatic carbocycles. The number of rotatable bonds is 65. The van der Waals surface area contributed by atoms with Crippen molar-refractivity contribution < 1.29 is 28.6 Å². The highest BCUT2D eigenvalue weighted by molar-refractivity contribution is 5.71. The first-order valence-electron chi connectivity index (χ1n) is 35.6. The molecule has 0 aromatic rings. The number of carbonyl (C=O) groups is 3. The second-order valence-electron chi connectivity index (χ2n) is 23.8. The number of allylic oxidation sites excluding steroid dienone is 14. The van der Waals surface area contributed by atoms with Crippen LogP contribution in [0.2, 0.25) is 0 Å². The summed E-state index contributed by atoms with van der Waals surface area (Å²) in [5, 5.41) is 0. The molecule has 0 saturated carbocycles. The van der Waals surface area contributed by atoms with Gasteiger partial charge in [-0.3, -0.25) is 14.4 Å². The molecule has 0 aliphatic carbocycles. The van der Waals surface area contributed by atoms with Crippen LogP contribution in [0.15, 0.2) is 85.1 Å². The van der Waals surface area contributed by atoms with Gasteiger partial charge < -0.3 is 14.2 Å². The van der Waals surface area contributed by atoms with E-state index in [1.807, 2.05) is 0 Å². The molecule has 0 spiro atoms. The maximum Gasteiger partial charge on any atom is 0.306 e. The highest BCUT2D eigenvalue weighted by Gasteiger charge is 2.19. The Balaban J connectivity index is 4.14. The average Bonchev–Trinajstić information content (AvgIpc) is 3.47. The Kier molecular flexibility index (Phi) is 67.2. The summed E-state index contributed by atoms with van der Waals surface area (Å²) in [5.74, 6) is -0.891. The first-order chi connectivity index (χ1) is 40.5. The van der Waals surface area contributed by atoms with Gasteiger partial charge in [-0.05, 0) is 116 Å². The van der Waals surface area contributed by atoms with E-state index in [9.17, 15) is 14.4 Å². The van der Waals surface area contributed by atoms with Crippen molar-refractivity contribution in [2.75, 3.05) is 13.2 Å².